The van der Waals surface area contributed by atoms with Gasteiger partial charge in [0.2, 0.25) is 11.5 Å². The highest BCUT2D eigenvalue weighted by atomic mass is 16.4. The summed E-state index contributed by atoms with van der Waals surface area (Å²) in [6.07, 6.45) is 2.25. The quantitative estimate of drug-likeness (QED) is 0.474. The van der Waals surface area contributed by atoms with E-state index in [1.807, 2.05) is 48.5 Å². The Bertz CT molecular complexity index is 1510. The molecule has 2 amide bonds. The van der Waals surface area contributed by atoms with Crippen LogP contribution in [0.3, 0.4) is 0 Å². The van der Waals surface area contributed by atoms with E-state index in [1.165, 1.54) is 10.6 Å². The summed E-state index contributed by atoms with van der Waals surface area (Å²) in [5, 5.41) is 17.4. The number of carbonyl (C=O) groups is 2. The molecule has 2 N–H and O–H groups in total. The molecule has 0 saturated carbocycles. The molecular formula is C26H25N5O4. The van der Waals surface area contributed by atoms with Crippen LogP contribution in [0.25, 0.3) is 16.6 Å². The lowest BCUT2D eigenvalue weighted by atomic mass is 9.82. The third-order valence-electron chi connectivity index (χ3n) is 6.71. The third kappa shape index (κ3) is 3.65. The Kier molecular flexibility index (Phi) is 5.20. The van der Waals surface area contributed by atoms with E-state index in [0.717, 1.165) is 22.2 Å². The molecule has 9 heteroatoms. The maximum atomic E-state index is 13.7. The fourth-order valence-corrected chi connectivity index (χ4v) is 4.86. The van der Waals surface area contributed by atoms with Crippen molar-refractivity contribution >= 4 is 28.6 Å². The number of benzene rings is 2. The molecule has 9 nitrogen and oxygen atoms in total. The lowest BCUT2D eigenvalue weighted by Crippen LogP contribution is -2.45. The number of nitrogens with one attached hydrogen (secondary N) is 1. The van der Waals surface area contributed by atoms with Crippen LogP contribution < -0.4 is 15.8 Å². The molecule has 2 aromatic heterocycles. The average Bonchev–Trinajstić information content (AvgIpc) is 3.33. The summed E-state index contributed by atoms with van der Waals surface area (Å²) < 4.78 is 3.22. The van der Waals surface area contributed by atoms with Gasteiger partial charge in [-0.2, -0.15) is 5.10 Å². The summed E-state index contributed by atoms with van der Waals surface area (Å²) in [7, 11) is 1.68. The molecule has 35 heavy (non-hydrogen) atoms. The van der Waals surface area contributed by atoms with Gasteiger partial charge in [0.15, 0.2) is 0 Å². The number of rotatable bonds is 4. The summed E-state index contributed by atoms with van der Waals surface area (Å²) in [4.78, 5) is 38.8. The van der Waals surface area contributed by atoms with Gasteiger partial charge in [-0.25, -0.2) is 9.48 Å². The highest BCUT2D eigenvalue weighted by molar-refractivity contribution is 6.03. The summed E-state index contributed by atoms with van der Waals surface area (Å²) in [5.74, 6) is -0.171. The summed E-state index contributed by atoms with van der Waals surface area (Å²) in [6.45, 7) is 3.53. The molecule has 2 atom stereocenters. The number of aromatic nitrogens is 3. The Morgan fingerprint density at radius 1 is 1.03 bits per heavy atom. The van der Waals surface area contributed by atoms with Gasteiger partial charge in [-0.1, -0.05) is 30.3 Å². The topological polar surface area (TPSA) is 109 Å². The highest BCUT2D eigenvalue weighted by Gasteiger charge is 2.55. The molecular weight excluding hydrogens is 446 g/mol. The Hall–Kier alpha value is -4.40. The molecule has 1 aliphatic heterocycles. The molecule has 0 bridgehead atoms. The number of hydrogen-bond donors (Lipinski definition) is 2. The van der Waals surface area contributed by atoms with Gasteiger partial charge in [-0.15, -0.1) is 0 Å². The van der Waals surface area contributed by atoms with E-state index in [0.29, 0.717) is 5.69 Å². The molecule has 3 heterocycles. The van der Waals surface area contributed by atoms with E-state index in [-0.39, 0.29) is 11.5 Å². The monoisotopic (exact) mass is 471 g/mol. The van der Waals surface area contributed by atoms with Crippen LogP contribution >= 0.6 is 0 Å². The van der Waals surface area contributed by atoms with Gasteiger partial charge < -0.3 is 19.9 Å². The summed E-state index contributed by atoms with van der Waals surface area (Å²) in [6, 6.07) is 17.1. The van der Waals surface area contributed by atoms with Crippen LogP contribution in [-0.2, 0) is 11.8 Å². The van der Waals surface area contributed by atoms with Crippen LogP contribution in [-0.4, -0.2) is 37.5 Å². The predicted molar refractivity (Wildman–Crippen MR) is 132 cm³/mol. The lowest BCUT2D eigenvalue weighted by molar-refractivity contribution is -0.124. The minimum atomic E-state index is -1.17. The second-order valence-corrected chi connectivity index (χ2v) is 9.32. The van der Waals surface area contributed by atoms with Crippen LogP contribution in [0.1, 0.15) is 25.5 Å². The molecule has 1 saturated heterocycles. The summed E-state index contributed by atoms with van der Waals surface area (Å²) >= 11 is 0. The van der Waals surface area contributed by atoms with Crippen LogP contribution in [0.5, 0.6) is 0 Å². The van der Waals surface area contributed by atoms with Gasteiger partial charge in [0.05, 0.1) is 34.9 Å². The molecule has 0 aliphatic carbocycles. The Balaban J connectivity index is 1.62. The van der Waals surface area contributed by atoms with E-state index in [1.54, 1.807) is 48.9 Å². The Labute approximate surface area is 201 Å². The second kappa shape index (κ2) is 8.12. The Morgan fingerprint density at radius 3 is 2.43 bits per heavy atom. The van der Waals surface area contributed by atoms with E-state index in [9.17, 15) is 19.5 Å². The van der Waals surface area contributed by atoms with Gasteiger partial charge in [0.25, 0.3) is 0 Å². The standard InChI is InChI=1S/C26H25N5O4/c1-26(2)23(28-25(34)35)22(16-7-5-4-6-8-16)30(24(26)33)18-9-11-20-17(13-18)14-27-31(20)19-10-12-21(32)29(3)15-19/h4-15,22-23,28H,1-3H3,(H,34,35)/t22-,23-/m0/s1. The first kappa shape index (κ1) is 22.4. The predicted octanol–water partition coefficient (Wildman–Crippen LogP) is 3.47. The molecule has 2 aromatic carbocycles. The van der Waals surface area contributed by atoms with Gasteiger partial charge in [0.1, 0.15) is 0 Å². The van der Waals surface area contributed by atoms with Crippen molar-refractivity contribution < 1.29 is 14.7 Å². The SMILES string of the molecule is Cn1cc(-n2ncc3cc(N4C(=O)C(C)(C)[C@@H](NC(=O)O)[C@@H]4c4ccccc4)ccc32)ccc1=O. The van der Waals surface area contributed by atoms with Gasteiger partial charge in [-0.3, -0.25) is 9.59 Å². The normalized spacial score (nSPS) is 19.3. The lowest BCUT2D eigenvalue weighted by Gasteiger charge is -2.30. The van der Waals surface area contributed by atoms with Crippen molar-refractivity contribution in [3.8, 4) is 5.69 Å². The van der Waals surface area contributed by atoms with Crippen LogP contribution in [0.2, 0.25) is 0 Å². The largest absolute Gasteiger partial charge is 0.465 e. The number of anilines is 1. The number of nitrogens with zero attached hydrogens (tertiary/aromatic N) is 4. The van der Waals surface area contributed by atoms with Crippen LogP contribution in [0, 0.1) is 5.41 Å². The van der Waals surface area contributed by atoms with Crippen LogP contribution in [0.4, 0.5) is 10.5 Å². The number of aryl methyl sites for hydroxylation is 1. The summed E-state index contributed by atoms with van der Waals surface area (Å²) in [5.41, 5.74) is 1.97. The maximum absolute atomic E-state index is 13.7. The van der Waals surface area contributed by atoms with E-state index >= 15 is 0 Å². The van der Waals surface area contributed by atoms with Crippen molar-refractivity contribution in [2.45, 2.75) is 25.9 Å². The fourth-order valence-electron chi connectivity index (χ4n) is 4.86. The number of carbonyl (C=O) groups excluding carboxylic acids is 1. The molecule has 5 rings (SSSR count). The molecule has 0 spiro atoms. The van der Waals surface area contributed by atoms with Crippen molar-refractivity contribution in [3.63, 3.8) is 0 Å². The van der Waals surface area contributed by atoms with Crippen molar-refractivity contribution in [1.29, 1.82) is 0 Å². The Morgan fingerprint density at radius 2 is 1.74 bits per heavy atom. The van der Waals surface area contributed by atoms with Gasteiger partial charge in [0, 0.05) is 30.4 Å². The second-order valence-electron chi connectivity index (χ2n) is 9.32. The van der Waals surface area contributed by atoms with Crippen molar-refractivity contribution in [3.05, 3.63) is 89.0 Å². The zero-order valence-electron chi connectivity index (χ0n) is 19.5. The number of fused-ring (bicyclic) bond motifs is 1. The van der Waals surface area contributed by atoms with Gasteiger partial charge >= 0.3 is 6.09 Å². The smallest absolute Gasteiger partial charge is 0.404 e. The fraction of sp³-hybridized carbons (Fsp3) is 0.231. The number of carboxylic acid groups (broad SMARTS) is 1. The highest BCUT2D eigenvalue weighted by Crippen LogP contribution is 2.46. The molecule has 1 aliphatic rings. The first-order chi connectivity index (χ1) is 16.7. The third-order valence-corrected chi connectivity index (χ3v) is 6.71. The van der Waals surface area contributed by atoms with Gasteiger partial charge in [-0.05, 0) is 43.7 Å². The molecule has 0 unspecified atom stereocenters. The van der Waals surface area contributed by atoms with E-state index in [4.69, 9.17) is 0 Å². The number of pyridine rings is 1. The van der Waals surface area contributed by atoms with Crippen molar-refractivity contribution in [1.82, 2.24) is 19.7 Å². The van der Waals surface area contributed by atoms with E-state index < -0.39 is 23.6 Å². The number of amides is 2. The first-order valence-corrected chi connectivity index (χ1v) is 11.2. The molecule has 1 fully saturated rings. The average molecular weight is 472 g/mol. The maximum Gasteiger partial charge on any atom is 0.404 e. The molecule has 4 aromatic rings. The minimum Gasteiger partial charge on any atom is -0.465 e. The number of hydrogen-bond acceptors (Lipinski definition) is 4. The van der Waals surface area contributed by atoms with Crippen molar-refractivity contribution in [2.24, 2.45) is 12.5 Å². The zero-order chi connectivity index (χ0) is 24.9. The molecule has 178 valence electrons. The molecule has 0 radical (unpaired) electrons. The minimum absolute atomic E-state index is 0.112. The first-order valence-electron chi connectivity index (χ1n) is 11.2. The van der Waals surface area contributed by atoms with Crippen LogP contribution in [0.15, 0.2) is 77.9 Å². The van der Waals surface area contributed by atoms with Crippen molar-refractivity contribution in [2.75, 3.05) is 4.90 Å². The zero-order valence-corrected chi connectivity index (χ0v) is 19.5. The van der Waals surface area contributed by atoms with E-state index in [2.05, 4.69) is 10.4 Å².